The summed E-state index contributed by atoms with van der Waals surface area (Å²) in [5.74, 6) is -6.54. The molecule has 1 N–H and O–H groups in total. The molecule has 0 aromatic heterocycles. The molecule has 0 atom stereocenters. The Kier molecular flexibility index (Phi) is 5.74. The van der Waals surface area contributed by atoms with E-state index in [9.17, 15) is 27.2 Å². The summed E-state index contributed by atoms with van der Waals surface area (Å²) < 4.78 is 53.6. The molecule has 0 heterocycles. The molecule has 25 heavy (non-hydrogen) atoms. The number of nitrogens with one attached hydrogen (secondary N) is 1. The number of rotatable bonds is 5. The Morgan fingerprint density at radius 1 is 0.960 bits per heavy atom. The van der Waals surface area contributed by atoms with Crippen molar-refractivity contribution in [1.29, 1.82) is 0 Å². The summed E-state index contributed by atoms with van der Waals surface area (Å²) in [5.41, 5.74) is -0.522. The SMILES string of the molecule is CC(=O)N(CCC(=O)Nc1ccccc1F)c1ccc(F)c(F)c1F. The van der Waals surface area contributed by atoms with Gasteiger partial charge in [-0.15, -0.1) is 0 Å². The number of halogens is 4. The Morgan fingerprint density at radius 3 is 2.28 bits per heavy atom. The minimum atomic E-state index is -1.71. The highest BCUT2D eigenvalue weighted by molar-refractivity contribution is 5.94. The predicted octanol–water partition coefficient (Wildman–Crippen LogP) is 3.62. The molecular weight excluding hydrogens is 340 g/mol. The molecule has 2 aromatic rings. The summed E-state index contributed by atoms with van der Waals surface area (Å²) in [5, 5.41) is 2.31. The molecule has 2 amide bonds. The van der Waals surface area contributed by atoms with E-state index >= 15 is 0 Å². The molecule has 2 rings (SSSR count). The van der Waals surface area contributed by atoms with Gasteiger partial charge >= 0.3 is 0 Å². The number of para-hydroxylation sites is 1. The standard InChI is InChI=1S/C17H14F4N2O2/c1-10(24)23(14-7-6-12(19)16(20)17(14)21)9-8-15(25)22-13-5-3-2-4-11(13)18/h2-7H,8-9H2,1H3,(H,22,25). The molecule has 0 unspecified atom stereocenters. The van der Waals surface area contributed by atoms with Crippen LogP contribution in [0.1, 0.15) is 13.3 Å². The van der Waals surface area contributed by atoms with Crippen molar-refractivity contribution in [3.63, 3.8) is 0 Å². The Bertz CT molecular complexity index is 811. The van der Waals surface area contributed by atoms with Crippen LogP contribution < -0.4 is 10.2 Å². The minimum absolute atomic E-state index is 0.0408. The van der Waals surface area contributed by atoms with Crippen LogP contribution in [0.15, 0.2) is 36.4 Å². The number of carbonyl (C=O) groups excluding carboxylic acids is 2. The number of anilines is 2. The molecule has 0 aliphatic rings. The normalized spacial score (nSPS) is 10.4. The number of carbonyl (C=O) groups is 2. The third-order valence-corrected chi connectivity index (χ3v) is 3.40. The van der Waals surface area contributed by atoms with Crippen LogP contribution in [0.5, 0.6) is 0 Å². The second-order valence-electron chi connectivity index (χ2n) is 5.14. The average Bonchev–Trinajstić information content (AvgIpc) is 2.56. The zero-order chi connectivity index (χ0) is 18.6. The van der Waals surface area contributed by atoms with E-state index in [-0.39, 0.29) is 18.7 Å². The summed E-state index contributed by atoms with van der Waals surface area (Å²) in [6.07, 6.45) is -0.299. The third kappa shape index (κ3) is 4.34. The van der Waals surface area contributed by atoms with E-state index in [4.69, 9.17) is 0 Å². The van der Waals surface area contributed by atoms with Crippen molar-refractivity contribution in [2.75, 3.05) is 16.8 Å². The van der Waals surface area contributed by atoms with Gasteiger partial charge in [-0.25, -0.2) is 17.6 Å². The summed E-state index contributed by atoms with van der Waals surface area (Å²) in [6, 6.07) is 7.08. The molecule has 0 saturated heterocycles. The molecule has 132 valence electrons. The fourth-order valence-electron chi connectivity index (χ4n) is 2.16. The van der Waals surface area contributed by atoms with Gasteiger partial charge in [0, 0.05) is 19.9 Å². The van der Waals surface area contributed by atoms with Gasteiger partial charge in [-0.05, 0) is 24.3 Å². The van der Waals surface area contributed by atoms with Crippen LogP contribution in [0.4, 0.5) is 28.9 Å². The van der Waals surface area contributed by atoms with Gasteiger partial charge in [-0.2, -0.15) is 0 Å². The molecule has 0 radical (unpaired) electrons. The maximum absolute atomic E-state index is 13.8. The molecule has 0 fully saturated rings. The van der Waals surface area contributed by atoms with E-state index in [0.29, 0.717) is 6.07 Å². The molecule has 2 aromatic carbocycles. The van der Waals surface area contributed by atoms with Gasteiger partial charge in [-0.3, -0.25) is 9.59 Å². The van der Waals surface area contributed by atoms with Crippen molar-refractivity contribution < 1.29 is 27.2 Å². The zero-order valence-electron chi connectivity index (χ0n) is 13.2. The summed E-state index contributed by atoms with van der Waals surface area (Å²) in [4.78, 5) is 24.4. The lowest BCUT2D eigenvalue weighted by atomic mass is 10.2. The number of amides is 2. The van der Waals surface area contributed by atoms with Crippen LogP contribution in [-0.4, -0.2) is 18.4 Å². The Morgan fingerprint density at radius 2 is 1.64 bits per heavy atom. The van der Waals surface area contributed by atoms with E-state index in [2.05, 4.69) is 5.32 Å². The summed E-state index contributed by atoms with van der Waals surface area (Å²) in [7, 11) is 0. The maximum Gasteiger partial charge on any atom is 0.226 e. The largest absolute Gasteiger partial charge is 0.324 e. The van der Waals surface area contributed by atoms with Crippen molar-refractivity contribution in [1.82, 2.24) is 0 Å². The monoisotopic (exact) mass is 354 g/mol. The van der Waals surface area contributed by atoms with Crippen molar-refractivity contribution in [3.05, 3.63) is 59.7 Å². The maximum atomic E-state index is 13.8. The molecule has 0 aliphatic heterocycles. The first-order valence-corrected chi connectivity index (χ1v) is 7.27. The van der Waals surface area contributed by atoms with E-state index in [1.807, 2.05) is 0 Å². The quantitative estimate of drug-likeness (QED) is 0.659. The highest BCUT2D eigenvalue weighted by Crippen LogP contribution is 2.24. The topological polar surface area (TPSA) is 49.4 Å². The molecule has 4 nitrogen and oxygen atoms in total. The van der Waals surface area contributed by atoms with Gasteiger partial charge in [0.2, 0.25) is 11.8 Å². The van der Waals surface area contributed by atoms with E-state index in [1.54, 1.807) is 0 Å². The van der Waals surface area contributed by atoms with Crippen LogP contribution >= 0.6 is 0 Å². The first-order valence-electron chi connectivity index (χ1n) is 7.27. The minimum Gasteiger partial charge on any atom is -0.324 e. The zero-order valence-corrected chi connectivity index (χ0v) is 13.2. The average molecular weight is 354 g/mol. The van der Waals surface area contributed by atoms with E-state index < -0.39 is 40.8 Å². The Hall–Kier alpha value is -2.90. The van der Waals surface area contributed by atoms with Gasteiger partial charge in [-0.1, -0.05) is 12.1 Å². The number of benzene rings is 2. The molecule has 0 aliphatic carbocycles. The Labute approximate surface area is 141 Å². The van der Waals surface area contributed by atoms with Crippen LogP contribution in [0, 0.1) is 23.3 Å². The van der Waals surface area contributed by atoms with Crippen molar-refractivity contribution in [2.45, 2.75) is 13.3 Å². The smallest absolute Gasteiger partial charge is 0.226 e. The fourth-order valence-corrected chi connectivity index (χ4v) is 2.16. The number of nitrogens with zero attached hydrogens (tertiary/aromatic N) is 1. The van der Waals surface area contributed by atoms with Crippen LogP contribution in [0.3, 0.4) is 0 Å². The van der Waals surface area contributed by atoms with Crippen LogP contribution in [0.2, 0.25) is 0 Å². The van der Waals surface area contributed by atoms with E-state index in [1.165, 1.54) is 18.2 Å². The van der Waals surface area contributed by atoms with E-state index in [0.717, 1.165) is 24.0 Å². The third-order valence-electron chi connectivity index (χ3n) is 3.40. The van der Waals surface area contributed by atoms with Gasteiger partial charge in [0.25, 0.3) is 0 Å². The lowest BCUT2D eigenvalue weighted by Crippen LogP contribution is -2.33. The van der Waals surface area contributed by atoms with Gasteiger partial charge in [0.05, 0.1) is 11.4 Å². The molecule has 8 heteroatoms. The van der Waals surface area contributed by atoms with Crippen LogP contribution in [-0.2, 0) is 9.59 Å². The van der Waals surface area contributed by atoms with Gasteiger partial charge < -0.3 is 10.2 Å². The number of hydrogen-bond acceptors (Lipinski definition) is 2. The second-order valence-corrected chi connectivity index (χ2v) is 5.14. The highest BCUT2D eigenvalue weighted by Gasteiger charge is 2.21. The first-order chi connectivity index (χ1) is 11.8. The molecule has 0 spiro atoms. The summed E-state index contributed by atoms with van der Waals surface area (Å²) >= 11 is 0. The molecule has 0 bridgehead atoms. The van der Waals surface area contributed by atoms with Gasteiger partial charge in [0.15, 0.2) is 17.5 Å². The molecular formula is C17H14F4N2O2. The second kappa shape index (κ2) is 7.78. The van der Waals surface area contributed by atoms with Crippen molar-refractivity contribution >= 4 is 23.2 Å². The van der Waals surface area contributed by atoms with Crippen LogP contribution in [0.25, 0.3) is 0 Å². The lowest BCUT2D eigenvalue weighted by Gasteiger charge is -2.21. The lowest BCUT2D eigenvalue weighted by molar-refractivity contribution is -0.117. The highest BCUT2D eigenvalue weighted by atomic mass is 19.2. The van der Waals surface area contributed by atoms with Crippen molar-refractivity contribution in [2.24, 2.45) is 0 Å². The Balaban J connectivity index is 2.10. The van der Waals surface area contributed by atoms with Gasteiger partial charge in [0.1, 0.15) is 5.82 Å². The van der Waals surface area contributed by atoms with Crippen molar-refractivity contribution in [3.8, 4) is 0 Å². The number of hydrogen-bond donors (Lipinski definition) is 1. The summed E-state index contributed by atoms with van der Waals surface area (Å²) in [6.45, 7) is 0.799. The predicted molar refractivity (Wildman–Crippen MR) is 84.0 cm³/mol. The first kappa shape index (κ1) is 18.4. The molecule has 0 saturated carbocycles. The fraction of sp³-hybridized carbons (Fsp3) is 0.176.